The predicted molar refractivity (Wildman–Crippen MR) is 258 cm³/mol. The Morgan fingerprint density at radius 1 is 0.294 bits per heavy atom. The molecule has 0 aliphatic heterocycles. The van der Waals surface area contributed by atoms with E-state index in [1.54, 1.807) is 85.3 Å². The van der Waals surface area contributed by atoms with Crippen molar-refractivity contribution in [1.82, 2.24) is 0 Å². The van der Waals surface area contributed by atoms with Crippen LogP contribution in [0.1, 0.15) is 53.4 Å². The molecule has 68 heavy (non-hydrogen) atoms. The van der Waals surface area contributed by atoms with Crippen LogP contribution in [0.3, 0.4) is 0 Å². The molecule has 0 bridgehead atoms. The first-order valence-electron chi connectivity index (χ1n) is 21.8. The van der Waals surface area contributed by atoms with Gasteiger partial charge in [0, 0.05) is 159 Å². The summed E-state index contributed by atoms with van der Waals surface area (Å²) in [6.45, 7) is 8.35. The minimum absolute atomic E-state index is 0.891. The highest BCUT2D eigenvalue weighted by molar-refractivity contribution is 6.61. The fourth-order valence-corrected chi connectivity index (χ4v) is 11.7. The monoisotopic (exact) mass is 1070 g/mol. The third-order valence-corrected chi connectivity index (χ3v) is 19.7. The fourth-order valence-electron chi connectivity index (χ4n) is 4.86. The summed E-state index contributed by atoms with van der Waals surface area (Å²) in [5.74, 6) is -4.33. The van der Waals surface area contributed by atoms with E-state index in [0.29, 0.717) is 0 Å². The van der Waals surface area contributed by atoms with Crippen LogP contribution in [0.15, 0.2) is 0 Å². The Hall–Kier alpha value is -1.89. The number of nitrogens with one attached hydrogen (secondary N) is 4. The largest absolute Gasteiger partial charge is 0.550 e. The molecule has 0 amide bonds. The number of quaternary nitrogens is 4. The Morgan fingerprint density at radius 2 is 0.382 bits per heavy atom. The zero-order valence-electron chi connectivity index (χ0n) is 46.7. The number of carboxylic acids is 4. The molecule has 0 rings (SSSR count). The van der Waals surface area contributed by atoms with Crippen molar-refractivity contribution in [3.63, 3.8) is 0 Å². The predicted octanol–water partition coefficient (Wildman–Crippen LogP) is -7.38. The van der Waals surface area contributed by atoms with Gasteiger partial charge in [0.05, 0.1) is 82.6 Å². The third-order valence-electron chi connectivity index (χ3n) is 8.37. The molecule has 416 valence electrons. The molecule has 0 heterocycles. The molecule has 0 aromatic rings. The van der Waals surface area contributed by atoms with Crippen LogP contribution < -0.4 is 40.0 Å². The Balaban J connectivity index is -0.000000106. The van der Waals surface area contributed by atoms with Gasteiger partial charge >= 0.3 is 35.2 Å². The normalized spacial score (nSPS) is 11.0. The fraction of sp³-hybridized carbons (Fsp3) is 0.900. The van der Waals surface area contributed by atoms with Crippen LogP contribution in [0.4, 0.5) is 0 Å². The zero-order valence-corrected chi connectivity index (χ0v) is 50.7. The van der Waals surface area contributed by atoms with E-state index in [4.69, 9.17) is 92.7 Å². The van der Waals surface area contributed by atoms with Gasteiger partial charge in [-0.05, 0) is 27.7 Å². The quantitative estimate of drug-likeness (QED) is 0.0530. The average molecular weight is 1070 g/mol. The maximum absolute atomic E-state index is 8.89. The van der Waals surface area contributed by atoms with Crippen LogP contribution >= 0.6 is 0 Å². The highest BCUT2D eigenvalue weighted by Crippen LogP contribution is 2.16. The summed E-state index contributed by atoms with van der Waals surface area (Å²) in [7, 11) is 27.7. The lowest BCUT2D eigenvalue weighted by Crippen LogP contribution is -3.05. The molecule has 24 nitrogen and oxygen atoms in total. The second-order valence-corrected chi connectivity index (χ2v) is 27.8. The first-order chi connectivity index (χ1) is 31.3. The van der Waals surface area contributed by atoms with E-state index in [2.05, 4.69) is 56.4 Å². The van der Waals surface area contributed by atoms with Crippen molar-refractivity contribution in [2.45, 2.75) is 77.6 Å². The van der Waals surface area contributed by atoms with Gasteiger partial charge in [0.15, 0.2) is 0 Å². The molecule has 0 saturated carbocycles. The van der Waals surface area contributed by atoms with Gasteiger partial charge < -0.3 is 112 Å². The lowest BCUT2D eigenvalue weighted by atomic mass is 10.5. The van der Waals surface area contributed by atoms with E-state index < -0.39 is 59.1 Å². The lowest BCUT2D eigenvalue weighted by molar-refractivity contribution is -0.858. The van der Waals surface area contributed by atoms with E-state index in [1.165, 1.54) is 19.6 Å². The van der Waals surface area contributed by atoms with Gasteiger partial charge in [-0.1, -0.05) is 0 Å². The molecule has 0 atom stereocenters. The Labute approximate surface area is 415 Å². The van der Waals surface area contributed by atoms with Gasteiger partial charge in [-0.25, -0.2) is 0 Å². The Morgan fingerprint density at radius 3 is 0.441 bits per heavy atom. The number of aliphatic carboxylic acids is 4. The number of hydrogen-bond acceptors (Lipinski definition) is 20. The topological polar surface area (TPSA) is 289 Å². The zero-order chi connectivity index (χ0) is 55.6. The summed E-state index contributed by atoms with van der Waals surface area (Å²) in [6.07, 6.45) is 4.29. The number of carboxylic acid groups (broad SMARTS) is 4. The van der Waals surface area contributed by atoms with E-state index in [0.717, 1.165) is 104 Å². The Kier molecular flexibility index (Phi) is 66.4. The van der Waals surface area contributed by atoms with E-state index in [9.17, 15) is 0 Å². The summed E-state index contributed by atoms with van der Waals surface area (Å²) in [5.41, 5.74) is 0. The van der Waals surface area contributed by atoms with Gasteiger partial charge in [-0.3, -0.25) is 0 Å². The smallest absolute Gasteiger partial charge is 0.500 e. The van der Waals surface area contributed by atoms with E-state index in [1.807, 2.05) is 0 Å². The van der Waals surface area contributed by atoms with Gasteiger partial charge in [-0.2, -0.15) is 0 Å². The average Bonchev–Trinajstić information content (AvgIpc) is 3.24. The number of carbonyl (C=O) groups excluding carboxylic acids is 4. The van der Waals surface area contributed by atoms with Crippen LogP contribution in [0.2, 0.25) is 24.2 Å². The van der Waals surface area contributed by atoms with E-state index >= 15 is 0 Å². The lowest BCUT2D eigenvalue weighted by Gasteiger charge is -2.24. The molecule has 0 aliphatic carbocycles. The first-order valence-corrected chi connectivity index (χ1v) is 29.5. The maximum Gasteiger partial charge on any atom is 0.500 e. The molecule has 0 unspecified atom stereocenters. The van der Waals surface area contributed by atoms with Crippen molar-refractivity contribution in [3.8, 4) is 0 Å². The van der Waals surface area contributed by atoms with E-state index in [-0.39, 0.29) is 0 Å². The van der Waals surface area contributed by atoms with Crippen molar-refractivity contribution >= 4 is 59.1 Å². The molecule has 0 aromatic heterocycles. The van der Waals surface area contributed by atoms with Gasteiger partial charge in [0.2, 0.25) is 0 Å². The highest BCUT2D eigenvalue weighted by Gasteiger charge is 2.39. The van der Waals surface area contributed by atoms with Gasteiger partial charge in [0.1, 0.15) is 0 Å². The second-order valence-electron chi connectivity index (χ2n) is 15.4. The Bertz CT molecular complexity index is 907. The van der Waals surface area contributed by atoms with Crippen LogP contribution in [-0.4, -0.2) is 227 Å². The van der Waals surface area contributed by atoms with Crippen LogP contribution in [0, 0.1) is 0 Å². The molecule has 0 radical (unpaired) electrons. The summed E-state index contributed by atoms with van der Waals surface area (Å²) >= 11 is 0. The van der Waals surface area contributed by atoms with Crippen molar-refractivity contribution in [3.05, 3.63) is 0 Å². The summed E-state index contributed by atoms with van der Waals surface area (Å²) < 4.78 is 63.6. The molecule has 0 saturated heterocycles. The molecular weight excluding hydrogens is 969 g/mol. The molecular formula is C40H100N4O20Si4. The van der Waals surface area contributed by atoms with Crippen molar-refractivity contribution in [2.75, 3.05) is 168 Å². The molecule has 0 aliphatic rings. The second kappa shape index (κ2) is 54.4. The van der Waals surface area contributed by atoms with Crippen LogP contribution in [-0.2, 0) is 72.3 Å². The number of hydrogen-bond donors (Lipinski definition) is 4. The standard InChI is InChI=1S/4C8H21NO3Si.4C2H4O2/c4*1-9(2)7-6-8-13(10-3,11-4)12-5;4*1-2(3)4/h4*6-8H2,1-5H3;4*1H3,(H,3,4). The highest BCUT2D eigenvalue weighted by atomic mass is 28.4. The van der Waals surface area contributed by atoms with Crippen molar-refractivity contribution in [2.24, 2.45) is 0 Å². The minimum Gasteiger partial charge on any atom is -0.550 e. The summed E-state index contributed by atoms with van der Waals surface area (Å²) in [6, 6.07) is 3.56. The van der Waals surface area contributed by atoms with Crippen LogP contribution in [0.25, 0.3) is 0 Å². The maximum atomic E-state index is 8.89. The number of rotatable bonds is 28. The molecule has 0 spiro atoms. The van der Waals surface area contributed by atoms with Gasteiger partial charge in [-0.15, -0.1) is 0 Å². The molecule has 4 N–H and O–H groups in total. The molecule has 0 aromatic carbocycles. The van der Waals surface area contributed by atoms with Gasteiger partial charge in [0.25, 0.3) is 0 Å². The van der Waals surface area contributed by atoms with Crippen molar-refractivity contribution in [1.29, 1.82) is 0 Å². The van der Waals surface area contributed by atoms with Crippen LogP contribution in [0.5, 0.6) is 0 Å². The first kappa shape index (κ1) is 83.0. The van der Waals surface area contributed by atoms with Crippen molar-refractivity contribution < 1.29 is 112 Å². The minimum atomic E-state index is -2.30. The summed E-state index contributed by atoms with van der Waals surface area (Å²) in [5, 5.41) is 35.6. The third kappa shape index (κ3) is 66.2. The molecule has 0 fully saturated rings. The SMILES string of the molecule is CC(=O)[O-].CC(=O)[O-].CC(=O)[O-].CC(=O)[O-].CO[Si](CCC[NH+](C)C)(OC)OC.CO[Si](CCC[NH+](C)C)(OC)OC.CO[Si](CCC[NH+](C)C)(OC)OC.CO[Si](CCC[NH+](C)C)(OC)OC. The summed E-state index contributed by atoms with van der Waals surface area (Å²) in [4.78, 5) is 41.3. The molecule has 28 heteroatoms. The number of carbonyl (C=O) groups is 4.